The normalized spacial score (nSPS) is 44.0. The van der Waals surface area contributed by atoms with Crippen LogP contribution in [0.2, 0.25) is 0 Å². The van der Waals surface area contributed by atoms with Gasteiger partial charge < -0.3 is 5.73 Å². The van der Waals surface area contributed by atoms with Crippen LogP contribution in [0.3, 0.4) is 0 Å². The van der Waals surface area contributed by atoms with Crippen molar-refractivity contribution < 1.29 is 0 Å². The topological polar surface area (TPSA) is 38.4 Å². The first-order valence-corrected chi connectivity index (χ1v) is 4.56. The summed E-state index contributed by atoms with van der Waals surface area (Å²) in [6.07, 6.45) is 2.30. The SMILES string of the molecule is CC[C@@H]1[C@H]2N=C(N)C[C@H](C)[C@@H]12.Cl. The van der Waals surface area contributed by atoms with Crippen molar-refractivity contribution in [1.82, 2.24) is 0 Å². The summed E-state index contributed by atoms with van der Waals surface area (Å²) in [5, 5.41) is 0. The van der Waals surface area contributed by atoms with E-state index in [0.29, 0.717) is 6.04 Å². The molecule has 1 aliphatic heterocycles. The predicted octanol–water partition coefficient (Wildman–Crippen LogP) is 1.83. The molecule has 2 N–H and O–H groups in total. The highest BCUT2D eigenvalue weighted by atomic mass is 35.5. The highest BCUT2D eigenvalue weighted by Crippen LogP contribution is 2.52. The largest absolute Gasteiger partial charge is 0.387 e. The summed E-state index contributed by atoms with van der Waals surface area (Å²) in [5.74, 6) is 3.38. The summed E-state index contributed by atoms with van der Waals surface area (Å²) in [5.41, 5.74) is 5.71. The van der Waals surface area contributed by atoms with Crippen molar-refractivity contribution in [3.8, 4) is 0 Å². The van der Waals surface area contributed by atoms with Crippen molar-refractivity contribution in [3.63, 3.8) is 0 Å². The van der Waals surface area contributed by atoms with E-state index < -0.39 is 0 Å². The van der Waals surface area contributed by atoms with Crippen LogP contribution >= 0.6 is 12.4 Å². The molecule has 1 aliphatic carbocycles. The van der Waals surface area contributed by atoms with E-state index in [1.807, 2.05) is 0 Å². The van der Waals surface area contributed by atoms with Crippen molar-refractivity contribution in [3.05, 3.63) is 0 Å². The lowest BCUT2D eigenvalue weighted by molar-refractivity contribution is 0.471. The minimum Gasteiger partial charge on any atom is -0.387 e. The van der Waals surface area contributed by atoms with Gasteiger partial charge in [-0.1, -0.05) is 20.3 Å². The van der Waals surface area contributed by atoms with E-state index in [-0.39, 0.29) is 12.4 Å². The molecule has 0 aromatic heterocycles. The van der Waals surface area contributed by atoms with Gasteiger partial charge in [0.1, 0.15) is 0 Å². The number of amidine groups is 1. The summed E-state index contributed by atoms with van der Waals surface area (Å²) in [6, 6.07) is 0.601. The number of aliphatic imine (C=N–C) groups is 1. The molecule has 1 fully saturated rings. The molecule has 2 rings (SSSR count). The van der Waals surface area contributed by atoms with Crippen molar-refractivity contribution in [1.29, 1.82) is 0 Å². The van der Waals surface area contributed by atoms with Gasteiger partial charge in [0, 0.05) is 6.42 Å². The quantitative estimate of drug-likeness (QED) is 0.670. The number of nitrogens with two attached hydrogens (primary N) is 1. The van der Waals surface area contributed by atoms with E-state index in [2.05, 4.69) is 18.8 Å². The van der Waals surface area contributed by atoms with Crippen LogP contribution in [0.25, 0.3) is 0 Å². The molecule has 2 aliphatic rings. The number of rotatable bonds is 1. The van der Waals surface area contributed by atoms with Gasteiger partial charge >= 0.3 is 0 Å². The lowest BCUT2D eigenvalue weighted by Gasteiger charge is -2.13. The van der Waals surface area contributed by atoms with Crippen LogP contribution in [-0.4, -0.2) is 11.9 Å². The zero-order valence-corrected chi connectivity index (χ0v) is 8.47. The number of nitrogens with zero attached hydrogens (tertiary/aromatic N) is 1. The van der Waals surface area contributed by atoms with Crippen LogP contribution in [-0.2, 0) is 0 Å². The Hall–Kier alpha value is -0.240. The van der Waals surface area contributed by atoms with Crippen LogP contribution in [0.5, 0.6) is 0 Å². The maximum absolute atomic E-state index is 5.71. The molecule has 1 heterocycles. The predicted molar refractivity (Wildman–Crippen MR) is 53.7 cm³/mol. The second kappa shape index (κ2) is 3.25. The minimum atomic E-state index is 0. The fourth-order valence-corrected chi connectivity index (χ4v) is 2.55. The molecule has 0 unspecified atom stereocenters. The van der Waals surface area contributed by atoms with E-state index in [1.54, 1.807) is 0 Å². The Labute approximate surface area is 80.0 Å². The van der Waals surface area contributed by atoms with Crippen LogP contribution in [0.4, 0.5) is 0 Å². The molecule has 0 radical (unpaired) electrons. The number of hydrogen-bond donors (Lipinski definition) is 1. The maximum Gasteiger partial charge on any atom is 0.0943 e. The Morgan fingerprint density at radius 3 is 2.83 bits per heavy atom. The van der Waals surface area contributed by atoms with Gasteiger partial charge in [-0.15, -0.1) is 12.4 Å². The lowest BCUT2D eigenvalue weighted by atomic mass is 9.98. The summed E-state index contributed by atoms with van der Waals surface area (Å²) in [4.78, 5) is 4.45. The summed E-state index contributed by atoms with van der Waals surface area (Å²) in [6.45, 7) is 4.55. The Balaban J connectivity index is 0.000000720. The molecule has 70 valence electrons. The van der Waals surface area contributed by atoms with Gasteiger partial charge in [-0.25, -0.2) is 0 Å². The van der Waals surface area contributed by atoms with Crippen LogP contribution in [0, 0.1) is 17.8 Å². The van der Waals surface area contributed by atoms with Gasteiger partial charge in [-0.3, -0.25) is 4.99 Å². The number of hydrogen-bond acceptors (Lipinski definition) is 2. The van der Waals surface area contributed by atoms with Gasteiger partial charge in [-0.05, 0) is 17.8 Å². The molecular formula is C9H17ClN2. The van der Waals surface area contributed by atoms with Crippen molar-refractivity contribution in [2.45, 2.75) is 32.7 Å². The van der Waals surface area contributed by atoms with Gasteiger partial charge in [0.05, 0.1) is 11.9 Å². The van der Waals surface area contributed by atoms with Crippen molar-refractivity contribution >= 4 is 18.2 Å². The average Bonchev–Trinajstić information content (AvgIpc) is 2.61. The maximum atomic E-state index is 5.71. The van der Waals surface area contributed by atoms with Gasteiger partial charge in [-0.2, -0.15) is 0 Å². The highest BCUT2D eigenvalue weighted by molar-refractivity contribution is 5.85. The molecule has 4 atom stereocenters. The van der Waals surface area contributed by atoms with Crippen molar-refractivity contribution in [2.75, 3.05) is 0 Å². The zero-order chi connectivity index (χ0) is 8.01. The van der Waals surface area contributed by atoms with Crippen molar-refractivity contribution in [2.24, 2.45) is 28.5 Å². The Morgan fingerprint density at radius 1 is 1.58 bits per heavy atom. The van der Waals surface area contributed by atoms with E-state index in [9.17, 15) is 0 Å². The van der Waals surface area contributed by atoms with Gasteiger partial charge in [0.15, 0.2) is 0 Å². The van der Waals surface area contributed by atoms with Crippen LogP contribution in [0.1, 0.15) is 26.7 Å². The molecule has 0 saturated heterocycles. The monoisotopic (exact) mass is 188 g/mol. The highest BCUT2D eigenvalue weighted by Gasteiger charge is 2.53. The summed E-state index contributed by atoms with van der Waals surface area (Å²) < 4.78 is 0. The van der Waals surface area contributed by atoms with E-state index in [0.717, 1.165) is 30.0 Å². The third-order valence-corrected chi connectivity index (χ3v) is 3.16. The molecule has 0 bridgehead atoms. The first-order chi connectivity index (χ1) is 5.24. The van der Waals surface area contributed by atoms with Gasteiger partial charge in [0.25, 0.3) is 0 Å². The smallest absolute Gasteiger partial charge is 0.0943 e. The molecule has 12 heavy (non-hydrogen) atoms. The van der Waals surface area contributed by atoms with Gasteiger partial charge in [0.2, 0.25) is 0 Å². The Morgan fingerprint density at radius 2 is 2.25 bits per heavy atom. The Bertz CT molecular complexity index is 203. The third-order valence-electron chi connectivity index (χ3n) is 3.16. The molecule has 3 heteroatoms. The standard InChI is InChI=1S/C9H16N2.ClH/c1-3-6-8-5(2)4-7(10)11-9(6)8;/h5-6,8-9H,3-4H2,1-2H3,(H2,10,11);1H/t5-,6-,8-,9+;/m0./s1. The molecule has 2 nitrogen and oxygen atoms in total. The molecule has 0 aromatic rings. The fraction of sp³-hybridized carbons (Fsp3) is 0.889. The second-order valence-corrected chi connectivity index (χ2v) is 3.94. The molecule has 0 amide bonds. The molecular weight excluding hydrogens is 172 g/mol. The van der Waals surface area contributed by atoms with Crippen LogP contribution < -0.4 is 5.73 Å². The fourth-order valence-electron chi connectivity index (χ4n) is 2.55. The average molecular weight is 189 g/mol. The molecule has 0 aromatic carbocycles. The third kappa shape index (κ3) is 1.33. The zero-order valence-electron chi connectivity index (χ0n) is 7.66. The molecule has 1 saturated carbocycles. The Kier molecular flexibility index (Phi) is 2.67. The van der Waals surface area contributed by atoms with E-state index in [4.69, 9.17) is 5.73 Å². The number of fused-ring (bicyclic) bond motifs is 1. The first-order valence-electron chi connectivity index (χ1n) is 4.56. The van der Waals surface area contributed by atoms with E-state index >= 15 is 0 Å². The molecule has 0 spiro atoms. The number of halogens is 1. The minimum absolute atomic E-state index is 0. The first kappa shape index (κ1) is 9.85. The van der Waals surface area contributed by atoms with E-state index in [1.165, 1.54) is 6.42 Å². The lowest BCUT2D eigenvalue weighted by Crippen LogP contribution is -2.22. The summed E-state index contributed by atoms with van der Waals surface area (Å²) in [7, 11) is 0. The summed E-state index contributed by atoms with van der Waals surface area (Å²) >= 11 is 0. The second-order valence-electron chi connectivity index (χ2n) is 3.94. The van der Waals surface area contributed by atoms with Crippen LogP contribution in [0.15, 0.2) is 4.99 Å².